The number of aromatic nitrogens is 2. The second kappa shape index (κ2) is 3.27. The Morgan fingerprint density at radius 2 is 2.13 bits per heavy atom. The summed E-state index contributed by atoms with van der Waals surface area (Å²) in [7, 11) is 3.39. The summed E-state index contributed by atoms with van der Waals surface area (Å²) < 4.78 is 1.74. The van der Waals surface area contributed by atoms with E-state index in [2.05, 4.69) is 4.98 Å². The molecule has 0 aliphatic heterocycles. The van der Waals surface area contributed by atoms with Crippen LogP contribution in [0.5, 0.6) is 0 Å². The van der Waals surface area contributed by atoms with E-state index in [4.69, 9.17) is 5.73 Å². The van der Waals surface area contributed by atoms with Gasteiger partial charge in [-0.25, -0.2) is 4.98 Å². The highest BCUT2D eigenvalue weighted by atomic mass is 16.2. The second-order valence-electron chi connectivity index (χ2n) is 3.55. The number of pyridine rings is 1. The highest BCUT2D eigenvalue weighted by Crippen LogP contribution is 2.09. The Morgan fingerprint density at radius 1 is 1.40 bits per heavy atom. The quantitative estimate of drug-likeness (QED) is 0.740. The standard InChI is InChI=1S/C10H12N4O/c1-13(2)10(15)8-6-14-5-7(11)3-4-9(14)12-8/h3-6H,11H2,1-2H3. The Hall–Kier alpha value is -2.04. The minimum atomic E-state index is -0.114. The molecule has 2 rings (SSSR count). The summed E-state index contributed by atoms with van der Waals surface area (Å²) in [5.74, 6) is -0.114. The molecule has 0 bridgehead atoms. The van der Waals surface area contributed by atoms with Gasteiger partial charge in [0.2, 0.25) is 0 Å². The average Bonchev–Trinajstić information content (AvgIpc) is 2.58. The van der Waals surface area contributed by atoms with Gasteiger partial charge in [0.25, 0.3) is 5.91 Å². The van der Waals surface area contributed by atoms with Crippen molar-refractivity contribution in [1.29, 1.82) is 0 Å². The zero-order chi connectivity index (χ0) is 11.0. The number of nitrogens with zero attached hydrogens (tertiary/aromatic N) is 3. The molecule has 15 heavy (non-hydrogen) atoms. The number of nitrogen functional groups attached to an aromatic ring is 1. The number of nitrogens with two attached hydrogens (primary N) is 1. The van der Waals surface area contributed by atoms with Crippen molar-refractivity contribution in [3.8, 4) is 0 Å². The fraction of sp³-hybridized carbons (Fsp3) is 0.200. The predicted molar refractivity (Wildman–Crippen MR) is 57.6 cm³/mol. The van der Waals surface area contributed by atoms with Crippen molar-refractivity contribution in [2.75, 3.05) is 19.8 Å². The average molecular weight is 204 g/mol. The highest BCUT2D eigenvalue weighted by molar-refractivity contribution is 5.92. The Kier molecular flexibility index (Phi) is 2.07. The van der Waals surface area contributed by atoms with Crippen molar-refractivity contribution >= 4 is 17.2 Å². The van der Waals surface area contributed by atoms with E-state index in [9.17, 15) is 4.79 Å². The Balaban J connectivity index is 2.52. The molecule has 78 valence electrons. The molecule has 0 aliphatic rings. The van der Waals surface area contributed by atoms with Crippen molar-refractivity contribution in [2.24, 2.45) is 0 Å². The van der Waals surface area contributed by atoms with Crippen molar-refractivity contribution < 1.29 is 4.79 Å². The summed E-state index contributed by atoms with van der Waals surface area (Å²) in [5.41, 5.74) is 7.41. The van der Waals surface area contributed by atoms with E-state index in [1.165, 1.54) is 4.90 Å². The number of rotatable bonds is 1. The number of amides is 1. The number of hydrogen-bond acceptors (Lipinski definition) is 3. The van der Waals surface area contributed by atoms with Gasteiger partial charge in [-0.3, -0.25) is 4.79 Å². The van der Waals surface area contributed by atoms with Crippen LogP contribution in [0.1, 0.15) is 10.5 Å². The van der Waals surface area contributed by atoms with Gasteiger partial charge in [0.15, 0.2) is 0 Å². The van der Waals surface area contributed by atoms with Crippen LogP contribution in [0, 0.1) is 0 Å². The number of carbonyl (C=O) groups excluding carboxylic acids is 1. The fourth-order valence-electron chi connectivity index (χ4n) is 1.34. The van der Waals surface area contributed by atoms with Gasteiger partial charge in [-0.1, -0.05) is 0 Å². The van der Waals surface area contributed by atoms with Crippen LogP contribution in [0.25, 0.3) is 5.65 Å². The first-order valence-corrected chi connectivity index (χ1v) is 4.54. The van der Waals surface area contributed by atoms with E-state index in [0.717, 1.165) is 5.65 Å². The lowest BCUT2D eigenvalue weighted by molar-refractivity contribution is 0.0822. The first-order valence-electron chi connectivity index (χ1n) is 4.54. The maximum absolute atomic E-state index is 11.6. The van der Waals surface area contributed by atoms with Crippen LogP contribution in [-0.4, -0.2) is 34.3 Å². The summed E-state index contributed by atoms with van der Waals surface area (Å²) in [6.07, 6.45) is 3.41. The molecule has 0 saturated heterocycles. The molecular formula is C10H12N4O. The normalized spacial score (nSPS) is 10.5. The van der Waals surface area contributed by atoms with Gasteiger partial charge < -0.3 is 15.0 Å². The predicted octanol–water partition coefficient (Wildman–Crippen LogP) is 0.618. The molecule has 0 unspecified atom stereocenters. The van der Waals surface area contributed by atoms with Crippen LogP contribution < -0.4 is 5.73 Å². The van der Waals surface area contributed by atoms with Crippen LogP contribution in [0.3, 0.4) is 0 Å². The number of carbonyl (C=O) groups is 1. The first kappa shape index (κ1) is 9.51. The van der Waals surface area contributed by atoms with Crippen LogP contribution >= 0.6 is 0 Å². The molecule has 2 aromatic rings. The zero-order valence-electron chi connectivity index (χ0n) is 8.64. The topological polar surface area (TPSA) is 63.6 Å². The Morgan fingerprint density at radius 3 is 2.80 bits per heavy atom. The maximum Gasteiger partial charge on any atom is 0.273 e. The van der Waals surface area contributed by atoms with Crippen LogP contribution in [0.15, 0.2) is 24.5 Å². The van der Waals surface area contributed by atoms with E-state index < -0.39 is 0 Å². The van der Waals surface area contributed by atoms with E-state index in [-0.39, 0.29) is 5.91 Å². The Labute approximate surface area is 87.1 Å². The van der Waals surface area contributed by atoms with Crippen LogP contribution in [-0.2, 0) is 0 Å². The molecule has 2 heterocycles. The van der Waals surface area contributed by atoms with Gasteiger partial charge in [0, 0.05) is 32.2 Å². The van der Waals surface area contributed by atoms with Gasteiger partial charge in [-0.15, -0.1) is 0 Å². The third-order valence-corrected chi connectivity index (χ3v) is 2.10. The smallest absolute Gasteiger partial charge is 0.273 e. The minimum absolute atomic E-state index is 0.114. The molecule has 0 fully saturated rings. The summed E-state index contributed by atoms with van der Waals surface area (Å²) >= 11 is 0. The van der Waals surface area contributed by atoms with Crippen molar-refractivity contribution in [3.05, 3.63) is 30.2 Å². The number of fused-ring (bicyclic) bond motifs is 1. The fourth-order valence-corrected chi connectivity index (χ4v) is 1.34. The van der Waals surface area contributed by atoms with Crippen molar-refractivity contribution in [3.63, 3.8) is 0 Å². The molecule has 0 aromatic carbocycles. The molecule has 0 saturated carbocycles. The van der Waals surface area contributed by atoms with Gasteiger partial charge in [0.05, 0.1) is 0 Å². The lowest BCUT2D eigenvalue weighted by atomic mass is 10.4. The molecule has 0 radical (unpaired) electrons. The van der Waals surface area contributed by atoms with E-state index in [1.54, 1.807) is 43.0 Å². The van der Waals surface area contributed by atoms with Crippen LogP contribution in [0.4, 0.5) is 5.69 Å². The van der Waals surface area contributed by atoms with Gasteiger partial charge in [-0.05, 0) is 12.1 Å². The number of anilines is 1. The van der Waals surface area contributed by atoms with Gasteiger partial charge >= 0.3 is 0 Å². The summed E-state index contributed by atoms with van der Waals surface area (Å²) in [4.78, 5) is 17.3. The minimum Gasteiger partial charge on any atom is -0.398 e. The lowest BCUT2D eigenvalue weighted by Gasteiger charge is -2.06. The molecule has 0 aliphatic carbocycles. The van der Waals surface area contributed by atoms with E-state index in [0.29, 0.717) is 11.4 Å². The molecule has 2 N–H and O–H groups in total. The molecule has 0 atom stereocenters. The monoisotopic (exact) mass is 204 g/mol. The summed E-state index contributed by atoms with van der Waals surface area (Å²) in [6, 6.07) is 3.54. The molecule has 2 aromatic heterocycles. The van der Waals surface area contributed by atoms with E-state index >= 15 is 0 Å². The van der Waals surface area contributed by atoms with Gasteiger partial charge in [-0.2, -0.15) is 0 Å². The van der Waals surface area contributed by atoms with E-state index in [1.807, 2.05) is 0 Å². The molecule has 0 spiro atoms. The lowest BCUT2D eigenvalue weighted by Crippen LogP contribution is -2.21. The van der Waals surface area contributed by atoms with Crippen molar-refractivity contribution in [2.45, 2.75) is 0 Å². The Bertz CT molecular complexity index is 515. The number of imidazole rings is 1. The van der Waals surface area contributed by atoms with Crippen molar-refractivity contribution in [1.82, 2.24) is 14.3 Å². The third kappa shape index (κ3) is 1.63. The zero-order valence-corrected chi connectivity index (χ0v) is 8.64. The highest BCUT2D eigenvalue weighted by Gasteiger charge is 2.12. The summed E-state index contributed by atoms with van der Waals surface area (Å²) in [6.45, 7) is 0. The van der Waals surface area contributed by atoms with Crippen LogP contribution in [0.2, 0.25) is 0 Å². The molecule has 5 nitrogen and oxygen atoms in total. The maximum atomic E-state index is 11.6. The second-order valence-corrected chi connectivity index (χ2v) is 3.55. The molecule has 1 amide bonds. The molecule has 5 heteroatoms. The summed E-state index contributed by atoms with van der Waals surface area (Å²) in [5, 5.41) is 0. The third-order valence-electron chi connectivity index (χ3n) is 2.10. The molecular weight excluding hydrogens is 192 g/mol. The number of hydrogen-bond donors (Lipinski definition) is 1. The SMILES string of the molecule is CN(C)C(=O)c1cn2cc(N)ccc2n1. The van der Waals surface area contributed by atoms with Gasteiger partial charge in [0.1, 0.15) is 11.3 Å². The largest absolute Gasteiger partial charge is 0.398 e. The first-order chi connectivity index (χ1) is 7.08.